The Hall–Kier alpha value is -1.39. The van der Waals surface area contributed by atoms with E-state index in [9.17, 15) is 9.90 Å². The molecule has 3 N–H and O–H groups in total. The second kappa shape index (κ2) is 8.91. The number of amides is 1. The lowest BCUT2D eigenvalue weighted by molar-refractivity contribution is -0.119. The van der Waals surface area contributed by atoms with Gasteiger partial charge in [-0.2, -0.15) is 0 Å². The summed E-state index contributed by atoms with van der Waals surface area (Å²) >= 11 is 0. The Morgan fingerprint density at radius 3 is 2.55 bits per heavy atom. The third kappa shape index (κ3) is 5.78. The van der Waals surface area contributed by atoms with Crippen molar-refractivity contribution in [3.63, 3.8) is 0 Å². The highest BCUT2D eigenvalue weighted by Gasteiger charge is 2.18. The summed E-state index contributed by atoms with van der Waals surface area (Å²) in [4.78, 5) is 13.3. The molecule has 1 fully saturated rings. The molecular formula is C18H28N2O2. The first-order valence-electron chi connectivity index (χ1n) is 8.39. The predicted molar refractivity (Wildman–Crippen MR) is 88.2 cm³/mol. The Morgan fingerprint density at radius 2 is 1.91 bits per heavy atom. The lowest BCUT2D eigenvalue weighted by Gasteiger charge is -2.27. The van der Waals surface area contributed by atoms with Gasteiger partial charge in [0.25, 0.3) is 0 Å². The summed E-state index contributed by atoms with van der Waals surface area (Å²) in [5.41, 5.74) is 6.24. The number of nitrogens with zero attached hydrogens (tertiary/aromatic N) is 1. The zero-order chi connectivity index (χ0) is 15.8. The third-order valence-electron chi connectivity index (χ3n) is 4.57. The van der Waals surface area contributed by atoms with Gasteiger partial charge >= 0.3 is 0 Å². The number of carbonyl (C=O) groups excluding carboxylic acids is 1. The standard InChI is InChI=1S/C18H28N2O2/c19-18(22)14-20(12-11-15-7-3-1-4-8-15)13-17(21)16-9-5-2-6-10-16/h2,5-6,9-10,15,17,21H,1,3-4,7-8,11-14H2,(H2,19,22). The van der Waals surface area contributed by atoms with E-state index < -0.39 is 6.10 Å². The van der Waals surface area contributed by atoms with Crippen LogP contribution in [0.5, 0.6) is 0 Å². The molecule has 1 saturated carbocycles. The third-order valence-corrected chi connectivity index (χ3v) is 4.57. The topological polar surface area (TPSA) is 66.6 Å². The summed E-state index contributed by atoms with van der Waals surface area (Å²) in [5.74, 6) is 0.432. The van der Waals surface area contributed by atoms with Gasteiger partial charge in [-0.15, -0.1) is 0 Å². The number of rotatable bonds is 8. The van der Waals surface area contributed by atoms with E-state index in [-0.39, 0.29) is 12.5 Å². The minimum absolute atomic E-state index is 0.219. The van der Waals surface area contributed by atoms with Crippen LogP contribution in [-0.2, 0) is 4.79 Å². The molecule has 0 radical (unpaired) electrons. The maximum Gasteiger partial charge on any atom is 0.231 e. The minimum atomic E-state index is -0.577. The van der Waals surface area contributed by atoms with Gasteiger partial charge in [0.15, 0.2) is 0 Å². The van der Waals surface area contributed by atoms with Crippen LogP contribution in [0, 0.1) is 5.92 Å². The van der Waals surface area contributed by atoms with Gasteiger partial charge in [-0.1, -0.05) is 62.4 Å². The van der Waals surface area contributed by atoms with Crippen LogP contribution in [-0.4, -0.2) is 35.5 Å². The first-order valence-corrected chi connectivity index (χ1v) is 8.39. The van der Waals surface area contributed by atoms with Crippen molar-refractivity contribution in [2.75, 3.05) is 19.6 Å². The molecule has 0 saturated heterocycles. The summed E-state index contributed by atoms with van der Waals surface area (Å²) in [6.45, 7) is 1.51. The van der Waals surface area contributed by atoms with E-state index in [0.29, 0.717) is 6.54 Å². The second-order valence-electron chi connectivity index (χ2n) is 6.42. The molecule has 1 aromatic rings. The van der Waals surface area contributed by atoms with Crippen LogP contribution < -0.4 is 5.73 Å². The van der Waals surface area contributed by atoms with Gasteiger partial charge in [-0.05, 0) is 24.4 Å². The Kier molecular flexibility index (Phi) is 6.87. The van der Waals surface area contributed by atoms with Gasteiger partial charge in [0.05, 0.1) is 12.6 Å². The van der Waals surface area contributed by atoms with E-state index in [1.165, 1.54) is 32.1 Å². The molecule has 4 nitrogen and oxygen atoms in total. The smallest absolute Gasteiger partial charge is 0.231 e. The summed E-state index contributed by atoms with van der Waals surface area (Å²) in [7, 11) is 0. The zero-order valence-electron chi connectivity index (χ0n) is 13.3. The van der Waals surface area contributed by atoms with Crippen molar-refractivity contribution in [2.24, 2.45) is 11.7 Å². The fourth-order valence-electron chi connectivity index (χ4n) is 3.32. The molecule has 0 aliphatic heterocycles. The van der Waals surface area contributed by atoms with Gasteiger partial charge in [-0.25, -0.2) is 0 Å². The molecule has 4 heteroatoms. The zero-order valence-corrected chi connectivity index (χ0v) is 13.3. The van der Waals surface area contributed by atoms with Gasteiger partial charge in [0, 0.05) is 6.54 Å². The molecule has 22 heavy (non-hydrogen) atoms. The average molecular weight is 304 g/mol. The molecule has 0 aromatic heterocycles. The van der Waals surface area contributed by atoms with Gasteiger partial charge in [0.1, 0.15) is 0 Å². The van der Waals surface area contributed by atoms with Crippen molar-refractivity contribution in [3.8, 4) is 0 Å². The maximum atomic E-state index is 11.3. The lowest BCUT2D eigenvalue weighted by Crippen LogP contribution is -2.38. The fourth-order valence-corrected chi connectivity index (χ4v) is 3.32. The molecule has 0 bridgehead atoms. The minimum Gasteiger partial charge on any atom is -0.387 e. The Morgan fingerprint density at radius 1 is 1.23 bits per heavy atom. The Bertz CT molecular complexity index is 444. The van der Waals surface area contributed by atoms with Crippen molar-refractivity contribution in [1.82, 2.24) is 4.90 Å². The molecule has 2 rings (SSSR count). The van der Waals surface area contributed by atoms with Crippen LogP contribution in [0.25, 0.3) is 0 Å². The molecule has 1 unspecified atom stereocenters. The van der Waals surface area contributed by atoms with Crippen LogP contribution in [0.3, 0.4) is 0 Å². The summed E-state index contributed by atoms with van der Waals surface area (Å²) in [6.07, 6.45) is 7.12. The van der Waals surface area contributed by atoms with Crippen LogP contribution >= 0.6 is 0 Å². The predicted octanol–water partition coefficient (Wildman–Crippen LogP) is 2.48. The molecule has 122 valence electrons. The quantitative estimate of drug-likeness (QED) is 0.775. The molecule has 1 aliphatic rings. The van der Waals surface area contributed by atoms with E-state index in [4.69, 9.17) is 5.73 Å². The molecule has 1 aliphatic carbocycles. The fraction of sp³-hybridized carbons (Fsp3) is 0.611. The Labute approximate surface area is 133 Å². The molecule has 0 heterocycles. The number of primary amides is 1. The number of hydrogen-bond acceptors (Lipinski definition) is 3. The van der Waals surface area contributed by atoms with Crippen molar-refractivity contribution >= 4 is 5.91 Å². The number of aliphatic hydroxyl groups excluding tert-OH is 1. The molecule has 0 spiro atoms. The molecular weight excluding hydrogens is 276 g/mol. The summed E-state index contributed by atoms with van der Waals surface area (Å²) in [5, 5.41) is 10.3. The van der Waals surface area contributed by atoms with Crippen molar-refractivity contribution in [1.29, 1.82) is 0 Å². The Balaban J connectivity index is 1.86. The highest BCUT2D eigenvalue weighted by Crippen LogP contribution is 2.26. The maximum absolute atomic E-state index is 11.3. The lowest BCUT2D eigenvalue weighted by atomic mass is 9.87. The number of benzene rings is 1. The highest BCUT2D eigenvalue weighted by atomic mass is 16.3. The number of carbonyl (C=O) groups is 1. The largest absolute Gasteiger partial charge is 0.387 e. The number of aliphatic hydroxyl groups is 1. The van der Waals surface area contributed by atoms with Crippen molar-refractivity contribution in [3.05, 3.63) is 35.9 Å². The summed E-state index contributed by atoms with van der Waals surface area (Å²) < 4.78 is 0. The monoisotopic (exact) mass is 304 g/mol. The van der Waals surface area contributed by atoms with Crippen molar-refractivity contribution in [2.45, 2.75) is 44.6 Å². The van der Waals surface area contributed by atoms with Gasteiger partial charge in [0.2, 0.25) is 5.91 Å². The van der Waals surface area contributed by atoms with E-state index in [1.807, 2.05) is 35.2 Å². The molecule has 1 amide bonds. The van der Waals surface area contributed by atoms with Crippen molar-refractivity contribution < 1.29 is 9.90 Å². The van der Waals surface area contributed by atoms with Crippen LogP contribution in [0.4, 0.5) is 0 Å². The highest BCUT2D eigenvalue weighted by molar-refractivity contribution is 5.75. The SMILES string of the molecule is NC(=O)CN(CCC1CCCCC1)CC(O)c1ccccc1. The first kappa shape index (κ1) is 17.0. The van der Waals surface area contributed by atoms with E-state index in [2.05, 4.69) is 0 Å². The van der Waals surface area contributed by atoms with E-state index >= 15 is 0 Å². The molecule has 1 atom stereocenters. The van der Waals surface area contributed by atoms with E-state index in [0.717, 1.165) is 24.4 Å². The number of hydrogen-bond donors (Lipinski definition) is 2. The normalized spacial score (nSPS) is 17.5. The van der Waals surface area contributed by atoms with Gasteiger partial charge in [-0.3, -0.25) is 9.69 Å². The summed E-state index contributed by atoms with van der Waals surface area (Å²) in [6, 6.07) is 9.58. The van der Waals surface area contributed by atoms with Crippen LogP contribution in [0.2, 0.25) is 0 Å². The van der Waals surface area contributed by atoms with Crippen LogP contribution in [0.15, 0.2) is 30.3 Å². The average Bonchev–Trinajstić information content (AvgIpc) is 2.54. The number of nitrogens with two attached hydrogens (primary N) is 1. The first-order chi connectivity index (χ1) is 10.6. The molecule has 1 aromatic carbocycles. The van der Waals surface area contributed by atoms with Crippen LogP contribution in [0.1, 0.15) is 50.2 Å². The van der Waals surface area contributed by atoms with Gasteiger partial charge < -0.3 is 10.8 Å². The van der Waals surface area contributed by atoms with E-state index in [1.54, 1.807) is 0 Å². The second-order valence-corrected chi connectivity index (χ2v) is 6.42.